The Labute approximate surface area is 97.9 Å². The van der Waals surface area contributed by atoms with Crippen molar-refractivity contribution >= 4 is 0 Å². The van der Waals surface area contributed by atoms with Crippen LogP contribution in [0.1, 0.15) is 43.9 Å². The Bertz CT molecular complexity index is 362. The summed E-state index contributed by atoms with van der Waals surface area (Å²) < 4.78 is 0. The number of aryl methyl sites for hydroxylation is 2. The molecule has 1 aromatic carbocycles. The standard InChI is InChI=1S/C14H22O2/c1-10-8-12(14(2,3)4)13(16)9-11(10)6-5-7-15/h8-9,15-16H,5-7H2,1-4H3. The van der Waals surface area contributed by atoms with E-state index in [2.05, 4.69) is 33.8 Å². The molecule has 0 spiro atoms. The fraction of sp³-hybridized carbons (Fsp3) is 0.571. The first kappa shape index (κ1) is 13.0. The molecule has 0 heterocycles. The lowest BCUT2D eigenvalue weighted by Crippen LogP contribution is -2.12. The van der Waals surface area contributed by atoms with E-state index in [1.807, 2.05) is 6.07 Å². The number of rotatable bonds is 3. The highest BCUT2D eigenvalue weighted by Crippen LogP contribution is 2.33. The summed E-state index contributed by atoms with van der Waals surface area (Å²) in [5.74, 6) is 0.367. The molecule has 0 amide bonds. The lowest BCUT2D eigenvalue weighted by atomic mass is 9.84. The quantitative estimate of drug-likeness (QED) is 0.825. The number of hydrogen-bond donors (Lipinski definition) is 2. The molecule has 0 aliphatic carbocycles. The molecule has 2 nitrogen and oxygen atoms in total. The first-order valence-electron chi connectivity index (χ1n) is 5.80. The third-order valence-electron chi connectivity index (χ3n) is 2.87. The maximum Gasteiger partial charge on any atom is 0.119 e. The Balaban J connectivity index is 3.07. The highest BCUT2D eigenvalue weighted by atomic mass is 16.3. The minimum atomic E-state index is -0.0373. The summed E-state index contributed by atoms with van der Waals surface area (Å²) in [4.78, 5) is 0. The normalized spacial score (nSPS) is 11.8. The van der Waals surface area contributed by atoms with Crippen molar-refractivity contribution in [1.29, 1.82) is 0 Å². The maximum atomic E-state index is 9.99. The van der Waals surface area contributed by atoms with E-state index in [1.54, 1.807) is 0 Å². The lowest BCUT2D eigenvalue weighted by Gasteiger charge is -2.22. The summed E-state index contributed by atoms with van der Waals surface area (Å²) in [7, 11) is 0. The molecule has 0 fully saturated rings. The zero-order valence-corrected chi connectivity index (χ0v) is 10.7. The zero-order chi connectivity index (χ0) is 12.3. The Morgan fingerprint density at radius 3 is 2.31 bits per heavy atom. The van der Waals surface area contributed by atoms with Crippen molar-refractivity contribution in [2.75, 3.05) is 6.61 Å². The molecule has 16 heavy (non-hydrogen) atoms. The van der Waals surface area contributed by atoms with Crippen LogP contribution in [0, 0.1) is 6.92 Å². The minimum Gasteiger partial charge on any atom is -0.508 e. The van der Waals surface area contributed by atoms with Crippen LogP contribution in [0.25, 0.3) is 0 Å². The second-order valence-electron chi connectivity index (χ2n) is 5.37. The van der Waals surface area contributed by atoms with Crippen molar-refractivity contribution < 1.29 is 10.2 Å². The maximum absolute atomic E-state index is 9.99. The van der Waals surface area contributed by atoms with Crippen LogP contribution in [0.5, 0.6) is 5.75 Å². The van der Waals surface area contributed by atoms with Crippen LogP contribution in [0.15, 0.2) is 12.1 Å². The van der Waals surface area contributed by atoms with Crippen molar-refractivity contribution in [2.24, 2.45) is 0 Å². The van der Waals surface area contributed by atoms with Gasteiger partial charge in [0.05, 0.1) is 0 Å². The van der Waals surface area contributed by atoms with Crippen molar-refractivity contribution in [1.82, 2.24) is 0 Å². The molecule has 0 bridgehead atoms. The molecule has 0 aliphatic rings. The first-order valence-corrected chi connectivity index (χ1v) is 5.80. The summed E-state index contributed by atoms with van der Waals surface area (Å²) in [6.45, 7) is 8.53. The van der Waals surface area contributed by atoms with E-state index in [9.17, 15) is 5.11 Å². The molecule has 0 radical (unpaired) electrons. The van der Waals surface area contributed by atoms with Crippen LogP contribution in [0.4, 0.5) is 0 Å². The van der Waals surface area contributed by atoms with Crippen LogP contribution in [0.3, 0.4) is 0 Å². The predicted molar refractivity (Wildman–Crippen MR) is 67.0 cm³/mol. The Morgan fingerprint density at radius 1 is 1.19 bits per heavy atom. The smallest absolute Gasteiger partial charge is 0.119 e. The molecular formula is C14H22O2. The highest BCUT2D eigenvalue weighted by molar-refractivity contribution is 5.44. The summed E-state index contributed by atoms with van der Waals surface area (Å²) in [6, 6.07) is 3.90. The second-order valence-corrected chi connectivity index (χ2v) is 5.37. The van der Waals surface area contributed by atoms with Gasteiger partial charge in [-0.05, 0) is 47.9 Å². The highest BCUT2D eigenvalue weighted by Gasteiger charge is 2.19. The van der Waals surface area contributed by atoms with E-state index in [0.717, 1.165) is 24.0 Å². The van der Waals surface area contributed by atoms with Gasteiger partial charge in [0.2, 0.25) is 0 Å². The largest absolute Gasteiger partial charge is 0.508 e. The number of phenolic OH excluding ortho intramolecular Hbond substituents is 1. The number of benzene rings is 1. The fourth-order valence-electron chi connectivity index (χ4n) is 1.88. The molecule has 0 atom stereocenters. The van der Waals surface area contributed by atoms with E-state index < -0.39 is 0 Å². The van der Waals surface area contributed by atoms with Crippen molar-refractivity contribution in [2.45, 2.75) is 46.0 Å². The predicted octanol–water partition coefficient (Wildman–Crippen LogP) is 2.92. The number of hydrogen-bond acceptors (Lipinski definition) is 2. The molecule has 0 unspecified atom stereocenters. The monoisotopic (exact) mass is 222 g/mol. The summed E-state index contributed by atoms with van der Waals surface area (Å²) in [5.41, 5.74) is 3.26. The summed E-state index contributed by atoms with van der Waals surface area (Å²) >= 11 is 0. The van der Waals surface area contributed by atoms with Crippen molar-refractivity contribution in [3.63, 3.8) is 0 Å². The van der Waals surface area contributed by atoms with Crippen molar-refractivity contribution in [3.8, 4) is 5.75 Å². The SMILES string of the molecule is Cc1cc(C(C)(C)C)c(O)cc1CCCO. The van der Waals surface area contributed by atoms with Crippen LogP contribution in [0.2, 0.25) is 0 Å². The average Bonchev–Trinajstić information content (AvgIpc) is 2.17. The van der Waals surface area contributed by atoms with Gasteiger partial charge in [0.25, 0.3) is 0 Å². The third-order valence-corrected chi connectivity index (χ3v) is 2.87. The van der Waals surface area contributed by atoms with Crippen LogP contribution < -0.4 is 0 Å². The second kappa shape index (κ2) is 4.88. The molecule has 2 N–H and O–H groups in total. The summed E-state index contributed by atoms with van der Waals surface area (Å²) in [6.07, 6.45) is 1.56. The van der Waals surface area contributed by atoms with Gasteiger partial charge < -0.3 is 10.2 Å². The summed E-state index contributed by atoms with van der Waals surface area (Å²) in [5, 5.41) is 18.8. The molecule has 1 aromatic rings. The first-order chi connectivity index (χ1) is 7.36. The van der Waals surface area contributed by atoms with E-state index >= 15 is 0 Å². The molecular weight excluding hydrogens is 200 g/mol. The number of aliphatic hydroxyl groups excluding tert-OH is 1. The van der Waals surface area contributed by atoms with Gasteiger partial charge in [-0.3, -0.25) is 0 Å². The van der Waals surface area contributed by atoms with Gasteiger partial charge in [-0.2, -0.15) is 0 Å². The number of aliphatic hydroxyl groups is 1. The molecule has 0 saturated carbocycles. The minimum absolute atomic E-state index is 0.0373. The molecule has 0 aromatic heterocycles. The third kappa shape index (κ3) is 2.99. The van der Waals surface area contributed by atoms with Gasteiger partial charge in [-0.1, -0.05) is 26.8 Å². The zero-order valence-electron chi connectivity index (χ0n) is 10.7. The van der Waals surface area contributed by atoms with E-state index in [1.165, 1.54) is 5.56 Å². The van der Waals surface area contributed by atoms with E-state index in [0.29, 0.717) is 5.75 Å². The van der Waals surface area contributed by atoms with Crippen molar-refractivity contribution in [3.05, 3.63) is 28.8 Å². The van der Waals surface area contributed by atoms with Crippen LogP contribution in [-0.2, 0) is 11.8 Å². The fourth-order valence-corrected chi connectivity index (χ4v) is 1.88. The Kier molecular flexibility index (Phi) is 3.98. The van der Waals surface area contributed by atoms with Gasteiger partial charge in [-0.15, -0.1) is 0 Å². The molecule has 1 rings (SSSR count). The molecule has 2 heteroatoms. The van der Waals surface area contributed by atoms with Crippen LogP contribution >= 0.6 is 0 Å². The molecule has 0 aliphatic heterocycles. The Hall–Kier alpha value is -1.02. The van der Waals surface area contributed by atoms with Crippen LogP contribution in [-0.4, -0.2) is 16.8 Å². The number of aromatic hydroxyl groups is 1. The van der Waals surface area contributed by atoms with E-state index in [-0.39, 0.29) is 12.0 Å². The van der Waals surface area contributed by atoms with Gasteiger partial charge in [-0.25, -0.2) is 0 Å². The van der Waals surface area contributed by atoms with Gasteiger partial charge in [0.15, 0.2) is 0 Å². The average molecular weight is 222 g/mol. The van der Waals surface area contributed by atoms with E-state index in [4.69, 9.17) is 5.11 Å². The van der Waals surface area contributed by atoms with Gasteiger partial charge in [0, 0.05) is 6.61 Å². The molecule has 0 saturated heterocycles. The van der Waals surface area contributed by atoms with Gasteiger partial charge in [0.1, 0.15) is 5.75 Å². The molecule has 90 valence electrons. The number of phenols is 1. The lowest BCUT2D eigenvalue weighted by molar-refractivity contribution is 0.288. The Morgan fingerprint density at radius 2 is 1.81 bits per heavy atom. The van der Waals surface area contributed by atoms with Gasteiger partial charge >= 0.3 is 0 Å². The topological polar surface area (TPSA) is 40.5 Å².